The van der Waals surface area contributed by atoms with E-state index >= 15 is 0 Å². The van der Waals surface area contributed by atoms with E-state index in [1.165, 1.54) is 0 Å². The Morgan fingerprint density at radius 1 is 1.50 bits per heavy atom. The molecule has 94 valence electrons. The highest BCUT2D eigenvalue weighted by Crippen LogP contribution is 2.19. The molecule has 0 saturated heterocycles. The van der Waals surface area contributed by atoms with E-state index in [9.17, 15) is 4.79 Å². The Morgan fingerprint density at radius 2 is 2.12 bits per heavy atom. The molecule has 0 radical (unpaired) electrons. The van der Waals surface area contributed by atoms with Crippen LogP contribution in [0.15, 0.2) is 12.7 Å². The summed E-state index contributed by atoms with van der Waals surface area (Å²) in [5.41, 5.74) is -0.106. The largest absolute Gasteiger partial charge is 0.461 e. The first-order chi connectivity index (χ1) is 7.43. The van der Waals surface area contributed by atoms with Gasteiger partial charge in [0.15, 0.2) is 0 Å². The lowest BCUT2D eigenvalue weighted by Crippen LogP contribution is -2.23. The van der Waals surface area contributed by atoms with Crippen LogP contribution in [0.3, 0.4) is 0 Å². The predicted octanol–water partition coefficient (Wildman–Crippen LogP) is 2.95. The average Bonchev–Trinajstić information content (AvgIpc) is 2.25. The SMILES string of the molecule is C=CCOC(=O)C(C)CCCC(C)(C)OC. The van der Waals surface area contributed by atoms with Crippen molar-refractivity contribution >= 4 is 5.97 Å². The highest BCUT2D eigenvalue weighted by atomic mass is 16.5. The molecule has 0 aromatic rings. The van der Waals surface area contributed by atoms with Crippen molar-refractivity contribution in [3.05, 3.63) is 12.7 Å². The van der Waals surface area contributed by atoms with E-state index in [-0.39, 0.29) is 17.5 Å². The summed E-state index contributed by atoms with van der Waals surface area (Å²) in [6, 6.07) is 0. The van der Waals surface area contributed by atoms with Crippen molar-refractivity contribution in [1.29, 1.82) is 0 Å². The van der Waals surface area contributed by atoms with Gasteiger partial charge < -0.3 is 9.47 Å². The standard InChI is InChI=1S/C13H24O3/c1-6-10-16-12(14)11(2)8-7-9-13(3,4)15-5/h6,11H,1,7-10H2,2-5H3. The van der Waals surface area contributed by atoms with Gasteiger partial charge in [-0.05, 0) is 33.1 Å². The minimum atomic E-state index is -0.143. The van der Waals surface area contributed by atoms with Crippen LogP contribution >= 0.6 is 0 Å². The summed E-state index contributed by atoms with van der Waals surface area (Å²) in [5, 5.41) is 0. The van der Waals surface area contributed by atoms with Gasteiger partial charge in [-0.3, -0.25) is 4.79 Å². The van der Waals surface area contributed by atoms with E-state index in [2.05, 4.69) is 6.58 Å². The van der Waals surface area contributed by atoms with E-state index in [1.807, 2.05) is 20.8 Å². The summed E-state index contributed by atoms with van der Waals surface area (Å²) in [6.45, 7) is 9.79. The van der Waals surface area contributed by atoms with Crippen molar-refractivity contribution in [2.45, 2.75) is 45.6 Å². The second-order valence-corrected chi connectivity index (χ2v) is 4.68. The molecule has 0 bridgehead atoms. The molecule has 0 aliphatic heterocycles. The lowest BCUT2D eigenvalue weighted by atomic mass is 9.97. The fourth-order valence-corrected chi connectivity index (χ4v) is 1.34. The first kappa shape index (κ1) is 15.2. The molecule has 1 unspecified atom stereocenters. The molecule has 3 heteroatoms. The van der Waals surface area contributed by atoms with Crippen LogP contribution in [-0.4, -0.2) is 25.3 Å². The first-order valence-corrected chi connectivity index (χ1v) is 5.75. The average molecular weight is 228 g/mol. The quantitative estimate of drug-likeness (QED) is 0.473. The van der Waals surface area contributed by atoms with Gasteiger partial charge in [-0.1, -0.05) is 19.6 Å². The van der Waals surface area contributed by atoms with Crippen molar-refractivity contribution in [1.82, 2.24) is 0 Å². The Morgan fingerprint density at radius 3 is 2.62 bits per heavy atom. The summed E-state index contributed by atoms with van der Waals surface area (Å²) >= 11 is 0. The minimum absolute atomic E-state index is 0.0485. The van der Waals surface area contributed by atoms with Crippen LogP contribution in [0.2, 0.25) is 0 Å². The lowest BCUT2D eigenvalue weighted by Gasteiger charge is -2.23. The maximum atomic E-state index is 11.4. The highest BCUT2D eigenvalue weighted by Gasteiger charge is 2.18. The van der Waals surface area contributed by atoms with Gasteiger partial charge in [-0.2, -0.15) is 0 Å². The number of carbonyl (C=O) groups excluding carboxylic acids is 1. The zero-order valence-corrected chi connectivity index (χ0v) is 10.9. The number of carbonyl (C=O) groups is 1. The van der Waals surface area contributed by atoms with E-state index in [4.69, 9.17) is 9.47 Å². The van der Waals surface area contributed by atoms with Gasteiger partial charge in [0.25, 0.3) is 0 Å². The summed E-state index contributed by atoms with van der Waals surface area (Å²) in [5.74, 6) is -0.192. The molecule has 3 nitrogen and oxygen atoms in total. The van der Waals surface area contributed by atoms with Gasteiger partial charge in [0.1, 0.15) is 6.61 Å². The predicted molar refractivity (Wildman–Crippen MR) is 65.3 cm³/mol. The van der Waals surface area contributed by atoms with E-state index < -0.39 is 0 Å². The fourth-order valence-electron chi connectivity index (χ4n) is 1.34. The molecule has 0 rings (SSSR count). The number of hydrogen-bond acceptors (Lipinski definition) is 3. The van der Waals surface area contributed by atoms with E-state index in [0.29, 0.717) is 6.61 Å². The van der Waals surface area contributed by atoms with Crippen LogP contribution in [0.5, 0.6) is 0 Å². The topological polar surface area (TPSA) is 35.5 Å². The third kappa shape index (κ3) is 6.62. The van der Waals surface area contributed by atoms with Crippen LogP contribution in [0.25, 0.3) is 0 Å². The number of ether oxygens (including phenoxy) is 2. The van der Waals surface area contributed by atoms with Crippen molar-refractivity contribution in [2.75, 3.05) is 13.7 Å². The Hall–Kier alpha value is -0.830. The van der Waals surface area contributed by atoms with Crippen molar-refractivity contribution < 1.29 is 14.3 Å². The van der Waals surface area contributed by atoms with Gasteiger partial charge in [-0.25, -0.2) is 0 Å². The van der Waals surface area contributed by atoms with Gasteiger partial charge in [0.05, 0.1) is 11.5 Å². The minimum Gasteiger partial charge on any atom is -0.461 e. The summed E-state index contributed by atoms with van der Waals surface area (Å²) < 4.78 is 10.3. The van der Waals surface area contributed by atoms with Crippen LogP contribution in [0.1, 0.15) is 40.0 Å². The summed E-state index contributed by atoms with van der Waals surface area (Å²) in [4.78, 5) is 11.4. The molecule has 0 spiro atoms. The van der Waals surface area contributed by atoms with Gasteiger partial charge in [0.2, 0.25) is 0 Å². The van der Waals surface area contributed by atoms with E-state index in [1.54, 1.807) is 13.2 Å². The van der Waals surface area contributed by atoms with Gasteiger partial charge in [0, 0.05) is 7.11 Å². The molecule has 0 amide bonds. The van der Waals surface area contributed by atoms with Crippen LogP contribution in [0.4, 0.5) is 0 Å². The number of esters is 1. The number of methoxy groups -OCH3 is 1. The zero-order chi connectivity index (χ0) is 12.6. The van der Waals surface area contributed by atoms with E-state index in [0.717, 1.165) is 19.3 Å². The Bertz CT molecular complexity index is 221. The van der Waals surface area contributed by atoms with Crippen molar-refractivity contribution in [3.8, 4) is 0 Å². The second-order valence-electron chi connectivity index (χ2n) is 4.68. The molecule has 0 N–H and O–H groups in total. The number of hydrogen-bond donors (Lipinski definition) is 0. The Balaban J connectivity index is 3.76. The monoisotopic (exact) mass is 228 g/mol. The van der Waals surface area contributed by atoms with Crippen molar-refractivity contribution in [3.63, 3.8) is 0 Å². The lowest BCUT2D eigenvalue weighted by molar-refractivity contribution is -0.147. The molecule has 16 heavy (non-hydrogen) atoms. The molecular weight excluding hydrogens is 204 g/mol. The van der Waals surface area contributed by atoms with Crippen LogP contribution < -0.4 is 0 Å². The molecule has 0 aromatic carbocycles. The van der Waals surface area contributed by atoms with Crippen LogP contribution in [0, 0.1) is 5.92 Å². The van der Waals surface area contributed by atoms with Gasteiger partial charge >= 0.3 is 5.97 Å². The summed E-state index contributed by atoms with van der Waals surface area (Å²) in [6.07, 6.45) is 4.33. The molecule has 0 heterocycles. The fraction of sp³-hybridized carbons (Fsp3) is 0.769. The molecule has 1 atom stereocenters. The molecule has 0 aromatic heterocycles. The molecule has 0 fully saturated rings. The first-order valence-electron chi connectivity index (χ1n) is 5.75. The molecule has 0 saturated carbocycles. The summed E-state index contributed by atoms with van der Waals surface area (Å²) in [7, 11) is 1.71. The molecular formula is C13H24O3. The Kier molecular flexibility index (Phi) is 7.06. The third-order valence-electron chi connectivity index (χ3n) is 2.71. The van der Waals surface area contributed by atoms with Crippen LogP contribution in [-0.2, 0) is 14.3 Å². The maximum Gasteiger partial charge on any atom is 0.308 e. The highest BCUT2D eigenvalue weighted by molar-refractivity contribution is 5.71. The normalized spacial score (nSPS) is 13.2. The van der Waals surface area contributed by atoms with Gasteiger partial charge in [-0.15, -0.1) is 0 Å². The molecule has 0 aliphatic rings. The smallest absolute Gasteiger partial charge is 0.308 e. The second kappa shape index (κ2) is 7.44. The third-order valence-corrected chi connectivity index (χ3v) is 2.71. The Labute approximate surface area is 98.8 Å². The van der Waals surface area contributed by atoms with Crippen molar-refractivity contribution in [2.24, 2.45) is 5.92 Å². The molecule has 0 aliphatic carbocycles. The zero-order valence-electron chi connectivity index (χ0n) is 10.9. The number of rotatable bonds is 8. The maximum absolute atomic E-state index is 11.4.